The Balaban J connectivity index is 2.36. The largest absolute Gasteiger partial charge is 0.447 e. The van der Waals surface area contributed by atoms with E-state index in [9.17, 15) is 13.2 Å². The molecule has 1 aliphatic heterocycles. The molecule has 1 fully saturated rings. The zero-order valence-electron chi connectivity index (χ0n) is 8.32. The Hall–Kier alpha value is -0.780. The second-order valence-corrected chi connectivity index (χ2v) is 5.93. The van der Waals surface area contributed by atoms with Crippen molar-refractivity contribution in [2.75, 3.05) is 11.5 Å². The second-order valence-electron chi connectivity index (χ2n) is 3.70. The predicted molar refractivity (Wildman–Crippen MR) is 51.8 cm³/mol. The third kappa shape index (κ3) is 3.53. The molecule has 0 saturated carbocycles. The Morgan fingerprint density at radius 2 is 2.14 bits per heavy atom. The summed E-state index contributed by atoms with van der Waals surface area (Å²) in [5, 5.41) is 2.53. The highest BCUT2D eigenvalue weighted by Crippen LogP contribution is 2.11. The fourth-order valence-electron chi connectivity index (χ4n) is 1.32. The van der Waals surface area contributed by atoms with Crippen LogP contribution < -0.4 is 5.32 Å². The number of hydrogen-bond donors (Lipinski definition) is 1. The Kier molecular flexibility index (Phi) is 3.36. The molecule has 14 heavy (non-hydrogen) atoms. The van der Waals surface area contributed by atoms with Gasteiger partial charge in [-0.2, -0.15) is 0 Å². The van der Waals surface area contributed by atoms with E-state index in [0.717, 1.165) is 0 Å². The molecule has 0 aromatic heterocycles. The van der Waals surface area contributed by atoms with Crippen LogP contribution in [0, 0.1) is 0 Å². The molecule has 6 heteroatoms. The van der Waals surface area contributed by atoms with E-state index in [4.69, 9.17) is 4.74 Å². The van der Waals surface area contributed by atoms with Gasteiger partial charge in [0.1, 0.15) is 0 Å². The van der Waals surface area contributed by atoms with Gasteiger partial charge < -0.3 is 10.1 Å². The molecular formula is C8H15NO4S. The molecule has 0 spiro atoms. The fraction of sp³-hybridized carbons (Fsp3) is 0.875. The van der Waals surface area contributed by atoms with Crippen LogP contribution in [0.1, 0.15) is 20.3 Å². The highest BCUT2D eigenvalue weighted by atomic mass is 32.2. The first-order valence-electron chi connectivity index (χ1n) is 4.56. The van der Waals surface area contributed by atoms with Crippen LogP contribution in [0.5, 0.6) is 0 Å². The number of carbonyl (C=O) groups excluding carboxylic acids is 1. The van der Waals surface area contributed by atoms with Gasteiger partial charge in [0.05, 0.1) is 17.6 Å². The summed E-state index contributed by atoms with van der Waals surface area (Å²) >= 11 is 0. The third-order valence-electron chi connectivity index (χ3n) is 1.90. The number of nitrogens with one attached hydrogen (secondary N) is 1. The summed E-state index contributed by atoms with van der Waals surface area (Å²) in [6, 6.07) is -0.286. The summed E-state index contributed by atoms with van der Waals surface area (Å²) in [7, 11) is -2.94. The molecule has 1 rings (SSSR count). The normalized spacial score (nSPS) is 24.9. The molecule has 1 amide bonds. The number of rotatable bonds is 2. The zero-order valence-corrected chi connectivity index (χ0v) is 9.13. The van der Waals surface area contributed by atoms with E-state index < -0.39 is 15.9 Å². The van der Waals surface area contributed by atoms with Gasteiger partial charge in [-0.15, -0.1) is 0 Å². The zero-order chi connectivity index (χ0) is 10.8. The molecular weight excluding hydrogens is 206 g/mol. The smallest absolute Gasteiger partial charge is 0.407 e. The molecule has 82 valence electrons. The average molecular weight is 221 g/mol. The Labute approximate surface area is 83.7 Å². The van der Waals surface area contributed by atoms with Crippen molar-refractivity contribution in [3.05, 3.63) is 0 Å². The van der Waals surface area contributed by atoms with Gasteiger partial charge in [0.15, 0.2) is 9.84 Å². The Morgan fingerprint density at radius 1 is 1.50 bits per heavy atom. The topological polar surface area (TPSA) is 72.5 Å². The Bertz CT molecular complexity index is 309. The van der Waals surface area contributed by atoms with Crippen LogP contribution in [0.4, 0.5) is 4.79 Å². The van der Waals surface area contributed by atoms with E-state index in [1.165, 1.54) is 0 Å². The lowest BCUT2D eigenvalue weighted by atomic mass is 10.3. The van der Waals surface area contributed by atoms with Crippen molar-refractivity contribution < 1.29 is 17.9 Å². The lowest BCUT2D eigenvalue weighted by Crippen LogP contribution is -2.37. The van der Waals surface area contributed by atoms with E-state index in [2.05, 4.69) is 5.32 Å². The molecule has 1 aliphatic rings. The van der Waals surface area contributed by atoms with Gasteiger partial charge in [-0.1, -0.05) is 0 Å². The number of ether oxygens (including phenoxy) is 1. The van der Waals surface area contributed by atoms with E-state index >= 15 is 0 Å². The summed E-state index contributed by atoms with van der Waals surface area (Å²) in [5.74, 6) is 0.180. The van der Waals surface area contributed by atoms with Crippen molar-refractivity contribution in [3.8, 4) is 0 Å². The quantitative estimate of drug-likeness (QED) is 0.728. The number of carbonyl (C=O) groups is 1. The molecule has 0 bridgehead atoms. The first kappa shape index (κ1) is 11.3. The average Bonchev–Trinajstić information content (AvgIpc) is 2.27. The Morgan fingerprint density at radius 3 is 2.57 bits per heavy atom. The van der Waals surface area contributed by atoms with Crippen LogP contribution in [0.15, 0.2) is 0 Å². The highest BCUT2D eigenvalue weighted by Gasteiger charge is 2.29. The summed E-state index contributed by atoms with van der Waals surface area (Å²) in [4.78, 5) is 11.1. The minimum Gasteiger partial charge on any atom is -0.447 e. The summed E-state index contributed by atoms with van der Waals surface area (Å²) in [6.07, 6.45) is -0.245. The summed E-state index contributed by atoms with van der Waals surface area (Å²) in [5.41, 5.74) is 0. The van der Waals surface area contributed by atoms with Gasteiger partial charge in [-0.25, -0.2) is 13.2 Å². The fourth-order valence-corrected chi connectivity index (χ4v) is 3.00. The third-order valence-corrected chi connectivity index (χ3v) is 3.67. The van der Waals surface area contributed by atoms with Gasteiger partial charge in [0.25, 0.3) is 0 Å². The second kappa shape index (κ2) is 4.16. The molecule has 0 radical (unpaired) electrons. The SMILES string of the molecule is CC(C)OC(=O)N[C@H]1CCS(=O)(=O)C1. The highest BCUT2D eigenvalue weighted by molar-refractivity contribution is 7.91. The minimum absolute atomic E-state index is 0.0280. The first-order valence-corrected chi connectivity index (χ1v) is 6.39. The van der Waals surface area contributed by atoms with Crippen molar-refractivity contribution in [1.82, 2.24) is 5.32 Å². The van der Waals surface area contributed by atoms with Crippen LogP contribution in [-0.4, -0.2) is 38.2 Å². The van der Waals surface area contributed by atoms with E-state index in [-0.39, 0.29) is 23.7 Å². The number of hydrogen-bond acceptors (Lipinski definition) is 4. The van der Waals surface area contributed by atoms with E-state index in [1.54, 1.807) is 13.8 Å². The molecule has 0 aliphatic carbocycles. The first-order chi connectivity index (χ1) is 6.39. The monoisotopic (exact) mass is 221 g/mol. The van der Waals surface area contributed by atoms with Gasteiger partial charge in [-0.05, 0) is 20.3 Å². The number of alkyl carbamates (subject to hydrolysis) is 1. The lowest BCUT2D eigenvalue weighted by Gasteiger charge is -2.12. The van der Waals surface area contributed by atoms with Crippen molar-refractivity contribution in [1.29, 1.82) is 0 Å². The predicted octanol–water partition coefficient (Wildman–Crippen LogP) is 0.308. The molecule has 1 heterocycles. The molecule has 0 aromatic carbocycles. The maximum Gasteiger partial charge on any atom is 0.407 e. The van der Waals surface area contributed by atoms with Crippen LogP contribution in [-0.2, 0) is 14.6 Å². The molecule has 1 atom stereocenters. The van der Waals surface area contributed by atoms with Crippen molar-refractivity contribution in [2.45, 2.75) is 32.4 Å². The number of amides is 1. The van der Waals surface area contributed by atoms with Crippen LogP contribution >= 0.6 is 0 Å². The summed E-state index contributed by atoms with van der Waals surface area (Å²) < 4.78 is 26.9. The maximum absolute atomic E-state index is 11.1. The van der Waals surface area contributed by atoms with Gasteiger partial charge >= 0.3 is 6.09 Å². The molecule has 1 N–H and O–H groups in total. The molecule has 1 saturated heterocycles. The molecule has 0 aromatic rings. The van der Waals surface area contributed by atoms with E-state index in [1.807, 2.05) is 0 Å². The molecule has 5 nitrogen and oxygen atoms in total. The van der Waals surface area contributed by atoms with Gasteiger partial charge in [0.2, 0.25) is 0 Å². The summed E-state index contributed by atoms with van der Waals surface area (Å²) in [6.45, 7) is 3.48. The van der Waals surface area contributed by atoms with Gasteiger partial charge in [-0.3, -0.25) is 0 Å². The standard InChI is InChI=1S/C8H15NO4S/c1-6(2)13-8(10)9-7-3-4-14(11,12)5-7/h6-7H,3-5H2,1-2H3,(H,9,10)/t7-/m0/s1. The molecule has 0 unspecified atom stereocenters. The lowest BCUT2D eigenvalue weighted by molar-refractivity contribution is 0.113. The van der Waals surface area contributed by atoms with E-state index in [0.29, 0.717) is 6.42 Å². The van der Waals surface area contributed by atoms with Crippen LogP contribution in [0.3, 0.4) is 0 Å². The van der Waals surface area contributed by atoms with Gasteiger partial charge in [0, 0.05) is 6.04 Å². The van der Waals surface area contributed by atoms with Crippen molar-refractivity contribution in [3.63, 3.8) is 0 Å². The van der Waals surface area contributed by atoms with Crippen molar-refractivity contribution in [2.24, 2.45) is 0 Å². The maximum atomic E-state index is 11.1. The van der Waals surface area contributed by atoms with Crippen LogP contribution in [0.25, 0.3) is 0 Å². The van der Waals surface area contributed by atoms with Crippen molar-refractivity contribution >= 4 is 15.9 Å². The van der Waals surface area contributed by atoms with Crippen LogP contribution in [0.2, 0.25) is 0 Å². The number of sulfone groups is 1. The minimum atomic E-state index is -2.94.